The quantitative estimate of drug-likeness (QED) is 0.843. The Labute approximate surface area is 108 Å². The first-order valence-electron chi connectivity index (χ1n) is 6.77. The molecule has 0 aliphatic heterocycles. The Morgan fingerprint density at radius 2 is 2.11 bits per heavy atom. The lowest BCUT2D eigenvalue weighted by atomic mass is 9.82. The van der Waals surface area contributed by atoms with E-state index in [2.05, 4.69) is 10.3 Å². The third-order valence-corrected chi connectivity index (χ3v) is 3.52. The second-order valence-electron chi connectivity index (χ2n) is 4.92. The molecule has 0 amide bonds. The minimum Gasteiger partial charge on any atom is -0.478 e. The maximum absolute atomic E-state index is 9.65. The molecule has 0 atom stereocenters. The monoisotopic (exact) mass is 250 g/mol. The number of aliphatic hydroxyl groups excluding tert-OH is 1. The predicted octanol–water partition coefficient (Wildman–Crippen LogP) is 2.59. The highest BCUT2D eigenvalue weighted by Gasteiger charge is 2.31. The van der Waals surface area contributed by atoms with Gasteiger partial charge in [-0.25, -0.2) is 0 Å². The van der Waals surface area contributed by atoms with E-state index >= 15 is 0 Å². The van der Waals surface area contributed by atoms with E-state index in [1.54, 1.807) is 0 Å². The van der Waals surface area contributed by atoms with Crippen LogP contribution in [0, 0.1) is 0 Å². The van der Waals surface area contributed by atoms with Gasteiger partial charge in [0.05, 0.1) is 18.8 Å². The lowest BCUT2D eigenvalue weighted by Crippen LogP contribution is -2.44. The van der Waals surface area contributed by atoms with Gasteiger partial charge in [-0.1, -0.05) is 25.3 Å². The number of pyridine rings is 1. The van der Waals surface area contributed by atoms with E-state index in [0.29, 0.717) is 12.5 Å². The van der Waals surface area contributed by atoms with Crippen molar-refractivity contribution in [3.63, 3.8) is 0 Å². The highest BCUT2D eigenvalue weighted by atomic mass is 16.5. The summed E-state index contributed by atoms with van der Waals surface area (Å²) >= 11 is 0. The number of hydrogen-bond donors (Lipinski definition) is 2. The molecule has 0 spiro atoms. The van der Waals surface area contributed by atoms with Gasteiger partial charge < -0.3 is 15.2 Å². The lowest BCUT2D eigenvalue weighted by Gasteiger charge is -2.37. The van der Waals surface area contributed by atoms with Gasteiger partial charge in [0.25, 0.3) is 0 Å². The van der Waals surface area contributed by atoms with Crippen LogP contribution in [0.3, 0.4) is 0 Å². The summed E-state index contributed by atoms with van der Waals surface area (Å²) in [4.78, 5) is 4.41. The van der Waals surface area contributed by atoms with Crippen molar-refractivity contribution in [2.75, 3.05) is 18.5 Å². The standard InChI is InChI=1S/C14H22N2O2/c1-2-18-13-8-6-7-12(15-13)16-14(11-17)9-4-3-5-10-14/h6-8,17H,2-5,9-11H2,1H3,(H,15,16). The molecule has 4 nitrogen and oxygen atoms in total. The summed E-state index contributed by atoms with van der Waals surface area (Å²) in [5.41, 5.74) is -0.198. The van der Waals surface area contributed by atoms with Crippen LogP contribution in [0.25, 0.3) is 0 Å². The van der Waals surface area contributed by atoms with Crippen LogP contribution in [-0.4, -0.2) is 28.8 Å². The zero-order valence-corrected chi connectivity index (χ0v) is 11.0. The van der Waals surface area contributed by atoms with E-state index in [0.717, 1.165) is 18.7 Å². The minimum absolute atomic E-state index is 0.160. The van der Waals surface area contributed by atoms with Crippen LogP contribution in [-0.2, 0) is 0 Å². The van der Waals surface area contributed by atoms with Crippen molar-refractivity contribution >= 4 is 5.82 Å². The van der Waals surface area contributed by atoms with Crippen molar-refractivity contribution < 1.29 is 9.84 Å². The van der Waals surface area contributed by atoms with Crippen LogP contribution in [0.1, 0.15) is 39.0 Å². The maximum Gasteiger partial charge on any atom is 0.215 e. The molecule has 100 valence electrons. The van der Waals surface area contributed by atoms with Gasteiger partial charge in [0, 0.05) is 6.07 Å². The van der Waals surface area contributed by atoms with Gasteiger partial charge in [0.2, 0.25) is 5.88 Å². The highest BCUT2D eigenvalue weighted by Crippen LogP contribution is 2.31. The van der Waals surface area contributed by atoms with E-state index < -0.39 is 0 Å². The van der Waals surface area contributed by atoms with Crippen molar-refractivity contribution in [1.82, 2.24) is 4.98 Å². The number of aliphatic hydroxyl groups is 1. The molecule has 2 N–H and O–H groups in total. The number of hydrogen-bond acceptors (Lipinski definition) is 4. The van der Waals surface area contributed by atoms with Gasteiger partial charge in [-0.15, -0.1) is 0 Å². The van der Waals surface area contributed by atoms with Crippen molar-refractivity contribution in [1.29, 1.82) is 0 Å². The van der Waals surface area contributed by atoms with E-state index in [4.69, 9.17) is 4.74 Å². The SMILES string of the molecule is CCOc1cccc(NC2(CO)CCCCC2)n1. The minimum atomic E-state index is -0.198. The van der Waals surface area contributed by atoms with Gasteiger partial charge in [-0.2, -0.15) is 4.98 Å². The number of nitrogens with one attached hydrogen (secondary N) is 1. The maximum atomic E-state index is 9.65. The van der Waals surface area contributed by atoms with Crippen LogP contribution in [0.4, 0.5) is 5.82 Å². The van der Waals surface area contributed by atoms with Gasteiger partial charge in [0.1, 0.15) is 5.82 Å². The Kier molecular flexibility index (Phi) is 4.42. The van der Waals surface area contributed by atoms with Gasteiger partial charge in [0.15, 0.2) is 0 Å². The first-order valence-corrected chi connectivity index (χ1v) is 6.77. The summed E-state index contributed by atoms with van der Waals surface area (Å²) < 4.78 is 5.39. The third-order valence-electron chi connectivity index (χ3n) is 3.52. The van der Waals surface area contributed by atoms with Crippen molar-refractivity contribution in [3.8, 4) is 5.88 Å². The van der Waals surface area contributed by atoms with Crippen LogP contribution < -0.4 is 10.1 Å². The van der Waals surface area contributed by atoms with E-state index in [1.165, 1.54) is 19.3 Å². The molecular formula is C14H22N2O2. The summed E-state index contributed by atoms with van der Waals surface area (Å²) in [5, 5.41) is 13.1. The van der Waals surface area contributed by atoms with Crippen LogP contribution in [0.2, 0.25) is 0 Å². The molecule has 4 heteroatoms. The first-order chi connectivity index (χ1) is 8.78. The summed E-state index contributed by atoms with van der Waals surface area (Å²) in [6, 6.07) is 5.70. The lowest BCUT2D eigenvalue weighted by molar-refractivity contribution is 0.172. The zero-order valence-electron chi connectivity index (χ0n) is 11.0. The molecule has 0 unspecified atom stereocenters. The Bertz CT molecular complexity index is 376. The van der Waals surface area contributed by atoms with Gasteiger partial charge >= 0.3 is 0 Å². The molecule has 18 heavy (non-hydrogen) atoms. The van der Waals surface area contributed by atoms with E-state index in [1.807, 2.05) is 25.1 Å². The number of ether oxygens (including phenoxy) is 1. The van der Waals surface area contributed by atoms with Crippen LogP contribution >= 0.6 is 0 Å². The zero-order chi connectivity index (χ0) is 12.8. The Hall–Kier alpha value is -1.29. The number of anilines is 1. The average Bonchev–Trinajstić information content (AvgIpc) is 2.41. The van der Waals surface area contributed by atoms with Crippen LogP contribution in [0.15, 0.2) is 18.2 Å². The van der Waals surface area contributed by atoms with Crippen LogP contribution in [0.5, 0.6) is 5.88 Å². The molecule has 0 saturated heterocycles. The number of nitrogens with zero attached hydrogens (tertiary/aromatic N) is 1. The Morgan fingerprint density at radius 3 is 2.78 bits per heavy atom. The first kappa shape index (κ1) is 13.1. The molecule has 1 saturated carbocycles. The summed E-state index contributed by atoms with van der Waals surface area (Å²) in [6.07, 6.45) is 5.60. The fourth-order valence-electron chi connectivity index (χ4n) is 2.54. The molecule has 1 aromatic heterocycles. The molecule has 1 aliphatic carbocycles. The van der Waals surface area contributed by atoms with Gasteiger partial charge in [-0.3, -0.25) is 0 Å². The summed E-state index contributed by atoms with van der Waals surface area (Å²) in [7, 11) is 0. The summed E-state index contributed by atoms with van der Waals surface area (Å²) in [5.74, 6) is 1.42. The fourth-order valence-corrected chi connectivity index (χ4v) is 2.54. The highest BCUT2D eigenvalue weighted by molar-refractivity contribution is 5.40. The second-order valence-corrected chi connectivity index (χ2v) is 4.92. The normalized spacial score (nSPS) is 18.3. The number of rotatable bonds is 5. The molecular weight excluding hydrogens is 228 g/mol. The average molecular weight is 250 g/mol. The van der Waals surface area contributed by atoms with Crippen molar-refractivity contribution in [2.45, 2.75) is 44.6 Å². The fraction of sp³-hybridized carbons (Fsp3) is 0.643. The molecule has 0 radical (unpaired) electrons. The number of aromatic nitrogens is 1. The predicted molar refractivity (Wildman–Crippen MR) is 71.9 cm³/mol. The Balaban J connectivity index is 2.08. The summed E-state index contributed by atoms with van der Waals surface area (Å²) in [6.45, 7) is 2.72. The molecule has 0 bridgehead atoms. The largest absolute Gasteiger partial charge is 0.478 e. The molecule has 1 fully saturated rings. The second kappa shape index (κ2) is 6.05. The smallest absolute Gasteiger partial charge is 0.215 e. The molecule has 2 rings (SSSR count). The molecule has 1 aliphatic rings. The van der Waals surface area contributed by atoms with E-state index in [9.17, 15) is 5.11 Å². The molecule has 1 aromatic rings. The molecule has 0 aromatic carbocycles. The third kappa shape index (κ3) is 3.13. The van der Waals surface area contributed by atoms with Crippen molar-refractivity contribution in [2.24, 2.45) is 0 Å². The van der Waals surface area contributed by atoms with Gasteiger partial charge in [-0.05, 0) is 25.8 Å². The molecule has 1 heterocycles. The van der Waals surface area contributed by atoms with E-state index in [-0.39, 0.29) is 12.1 Å². The topological polar surface area (TPSA) is 54.4 Å². The Morgan fingerprint density at radius 1 is 1.33 bits per heavy atom. The van der Waals surface area contributed by atoms with Crippen molar-refractivity contribution in [3.05, 3.63) is 18.2 Å².